The Morgan fingerprint density at radius 2 is 2.00 bits per heavy atom. The van der Waals surface area contributed by atoms with E-state index >= 15 is 0 Å². The molecule has 0 aromatic rings. The lowest BCUT2D eigenvalue weighted by Gasteiger charge is -1.37. The number of hydrogen-bond donors (Lipinski definition) is 1. The van der Waals surface area contributed by atoms with E-state index in [2.05, 4.69) is 0 Å². The second-order valence-electron chi connectivity index (χ2n) is 0.507. The Hall–Kier alpha value is -0.860. The molecule has 0 aliphatic heterocycles. The molecule has 0 aromatic heterocycles. The average molecular weight is 120 g/mol. The zero-order valence-corrected chi connectivity index (χ0v) is 4.27. The minimum absolute atomic E-state index is 0. The van der Waals surface area contributed by atoms with Crippen LogP contribution >= 0.6 is 0 Å². The maximum atomic E-state index is 9.32. The fraction of sp³-hybridized carbons (Fsp3) is 0. The molecule has 0 aromatic carbocycles. The van der Waals surface area contributed by atoms with Gasteiger partial charge in [0.15, 0.2) is 0 Å². The molecule has 40 valence electrons. The highest BCUT2D eigenvalue weighted by atomic mass is 32.2. The van der Waals surface area contributed by atoms with Crippen molar-refractivity contribution in [2.75, 3.05) is 0 Å². The number of nitrogens with zero attached hydrogens (tertiary/aromatic N) is 1. The molecule has 0 rings (SSSR count). The molecule has 0 atom stereocenters. The Morgan fingerprint density at radius 1 is 1.57 bits per heavy atom. The lowest BCUT2D eigenvalue weighted by atomic mass is 10.9. The van der Waals surface area contributed by atoms with Crippen LogP contribution < -0.4 is 6.15 Å². The van der Waals surface area contributed by atoms with E-state index in [0.717, 1.165) is 0 Å². The number of nitriles is 1. The van der Waals surface area contributed by atoms with Gasteiger partial charge in [-0.2, -0.15) is 13.7 Å². The quantitative estimate of drug-likeness (QED) is 0.430. The summed E-state index contributed by atoms with van der Waals surface area (Å²) in [5.41, 5.74) is 0. The van der Waals surface area contributed by atoms with Gasteiger partial charge < -0.3 is 6.15 Å². The van der Waals surface area contributed by atoms with Gasteiger partial charge in [0, 0.05) is 0 Å². The average Bonchev–Trinajstić information content (AvgIpc) is 1.35. The second kappa shape index (κ2) is 5.14. The van der Waals surface area contributed by atoms with Gasteiger partial charge in [0.05, 0.1) is 0 Å². The highest BCUT2D eigenvalue weighted by Gasteiger charge is 1.57. The summed E-state index contributed by atoms with van der Waals surface area (Å²) in [6.07, 6.45) is 0. The molecule has 0 bridgehead atoms. The number of hydrogen-bond acceptors (Lipinski definition) is 4. The molecule has 0 heterocycles. The summed E-state index contributed by atoms with van der Waals surface area (Å²) in [6, 6.07) is 1.33. The highest BCUT2D eigenvalue weighted by molar-refractivity contribution is 7.71. The molecule has 7 heavy (non-hydrogen) atoms. The van der Waals surface area contributed by atoms with Gasteiger partial charge in [0.25, 0.3) is 0 Å². The molecule has 4 nitrogen and oxygen atoms in total. The van der Waals surface area contributed by atoms with Crippen LogP contribution in [0.2, 0.25) is 0 Å². The summed E-state index contributed by atoms with van der Waals surface area (Å²) in [5.74, 6) is 0. The van der Waals surface area contributed by atoms with Gasteiger partial charge in [-0.3, -0.25) is 0 Å². The largest absolute Gasteiger partial charge is 0.344 e. The summed E-state index contributed by atoms with van der Waals surface area (Å²) in [4.78, 5) is 0. The Labute approximate surface area is 42.5 Å². The van der Waals surface area contributed by atoms with Crippen molar-refractivity contribution in [1.29, 1.82) is 5.26 Å². The molecule has 3 N–H and O–H groups in total. The van der Waals surface area contributed by atoms with Crippen molar-refractivity contribution in [2.45, 2.75) is 0 Å². The molecule has 0 aliphatic carbocycles. The van der Waals surface area contributed by atoms with Gasteiger partial charge in [-0.1, -0.05) is 0 Å². The van der Waals surface area contributed by atoms with Crippen LogP contribution in [-0.2, 0) is 10.3 Å². The molecule has 0 radical (unpaired) electrons. The third-order valence-corrected chi connectivity index (χ3v) is 0.447. The molecule has 5 heteroatoms. The van der Waals surface area contributed by atoms with Crippen LogP contribution in [0, 0.1) is 11.3 Å². The molecule has 0 amide bonds. The van der Waals surface area contributed by atoms with Crippen molar-refractivity contribution in [3.05, 3.63) is 0 Å². The van der Waals surface area contributed by atoms with Crippen molar-refractivity contribution in [2.24, 2.45) is 0 Å². The number of rotatable bonds is 0. The molecular weight excluding hydrogens is 116 g/mol. The van der Waals surface area contributed by atoms with Gasteiger partial charge in [0.2, 0.25) is 10.3 Å². The van der Waals surface area contributed by atoms with Crippen LogP contribution in [0.5, 0.6) is 0 Å². The van der Waals surface area contributed by atoms with Crippen molar-refractivity contribution in [3.8, 4) is 6.07 Å². The first kappa shape index (κ1) is 9.46. The van der Waals surface area contributed by atoms with E-state index in [1.54, 1.807) is 0 Å². The Kier molecular flexibility index (Phi) is 6.95. The predicted molar refractivity (Wildman–Crippen MR) is 25.6 cm³/mol. The van der Waals surface area contributed by atoms with Gasteiger partial charge in [-0.05, 0) is 0 Å². The summed E-state index contributed by atoms with van der Waals surface area (Å²) < 4.78 is 18.6. The Bertz CT molecular complexity index is 176. The van der Waals surface area contributed by atoms with E-state index in [0.29, 0.717) is 5.37 Å². The summed E-state index contributed by atoms with van der Waals surface area (Å²) in [5, 5.41) is 8.05. The zero-order valence-electron chi connectivity index (χ0n) is 3.46. The Morgan fingerprint density at radius 3 is 2.00 bits per heavy atom. The predicted octanol–water partition coefficient (Wildman–Crippen LogP) is -0.647. The second-order valence-corrected chi connectivity index (χ2v) is 1.26. The Balaban J connectivity index is 0. The molecular formula is C2H4N2O2S. The SMILES string of the molecule is N.N#CC=S(=O)=O. The first-order chi connectivity index (χ1) is 2.77. The molecule has 0 spiro atoms. The van der Waals surface area contributed by atoms with Crippen LogP contribution in [0.15, 0.2) is 0 Å². The topological polar surface area (TPSA) is 92.9 Å². The van der Waals surface area contributed by atoms with Crippen LogP contribution in [0.4, 0.5) is 0 Å². The summed E-state index contributed by atoms with van der Waals surface area (Å²) in [6.45, 7) is 0. The van der Waals surface area contributed by atoms with E-state index in [-0.39, 0.29) is 6.15 Å². The van der Waals surface area contributed by atoms with Gasteiger partial charge in [-0.25, -0.2) is 0 Å². The van der Waals surface area contributed by atoms with E-state index in [9.17, 15) is 8.42 Å². The smallest absolute Gasteiger partial charge is 0.224 e. The van der Waals surface area contributed by atoms with Crippen molar-refractivity contribution >= 4 is 15.7 Å². The van der Waals surface area contributed by atoms with Gasteiger partial charge in [0.1, 0.15) is 11.4 Å². The fourth-order valence-corrected chi connectivity index (χ4v) is 0.129. The standard InChI is InChI=1S/C2HNO2S.H3N/c3-1-2-6(4)5;/h2H;1H3. The minimum atomic E-state index is -2.30. The molecule has 0 fully saturated rings. The first-order valence-electron chi connectivity index (χ1n) is 1.08. The van der Waals surface area contributed by atoms with Crippen LogP contribution in [0.3, 0.4) is 0 Å². The van der Waals surface area contributed by atoms with Crippen LogP contribution in [0.25, 0.3) is 0 Å². The molecule has 0 saturated heterocycles. The van der Waals surface area contributed by atoms with Gasteiger partial charge >= 0.3 is 0 Å². The van der Waals surface area contributed by atoms with Gasteiger partial charge in [-0.15, -0.1) is 0 Å². The lowest BCUT2D eigenvalue weighted by molar-refractivity contribution is 0.627. The maximum absolute atomic E-state index is 9.32. The summed E-state index contributed by atoms with van der Waals surface area (Å²) >= 11 is 0. The van der Waals surface area contributed by atoms with Crippen molar-refractivity contribution in [1.82, 2.24) is 6.15 Å². The third-order valence-electron chi connectivity index (χ3n) is 0.149. The summed E-state index contributed by atoms with van der Waals surface area (Å²) in [7, 11) is -2.30. The highest BCUT2D eigenvalue weighted by Crippen LogP contribution is 1.33. The fourth-order valence-electron chi connectivity index (χ4n) is 0.0430. The third kappa shape index (κ3) is 11.1. The van der Waals surface area contributed by atoms with E-state index in [4.69, 9.17) is 5.26 Å². The molecule has 0 saturated carbocycles. The lowest BCUT2D eigenvalue weighted by Crippen LogP contribution is -1.60. The monoisotopic (exact) mass is 120 g/mol. The van der Waals surface area contributed by atoms with E-state index in [1.165, 1.54) is 6.07 Å². The maximum Gasteiger partial charge on any atom is 0.224 e. The normalized spacial score (nSPS) is 5.00. The molecule has 0 unspecified atom stereocenters. The van der Waals surface area contributed by atoms with Crippen molar-refractivity contribution in [3.63, 3.8) is 0 Å². The first-order valence-corrected chi connectivity index (χ1v) is 2.22. The van der Waals surface area contributed by atoms with E-state index in [1.807, 2.05) is 0 Å². The zero-order chi connectivity index (χ0) is 4.99. The minimum Gasteiger partial charge on any atom is -0.344 e. The van der Waals surface area contributed by atoms with Crippen LogP contribution in [0.1, 0.15) is 0 Å². The molecule has 0 aliphatic rings. The van der Waals surface area contributed by atoms with Crippen molar-refractivity contribution < 1.29 is 8.42 Å². The van der Waals surface area contributed by atoms with Crippen LogP contribution in [-0.4, -0.2) is 13.8 Å². The van der Waals surface area contributed by atoms with E-state index < -0.39 is 10.3 Å².